The van der Waals surface area contributed by atoms with Crippen molar-refractivity contribution in [2.24, 2.45) is 5.73 Å². The van der Waals surface area contributed by atoms with Gasteiger partial charge in [0, 0.05) is 25.2 Å². The second-order valence-electron chi connectivity index (χ2n) is 3.66. The van der Waals surface area contributed by atoms with Gasteiger partial charge >= 0.3 is 0 Å². The van der Waals surface area contributed by atoms with E-state index in [1.54, 1.807) is 11.0 Å². The quantitative estimate of drug-likeness (QED) is 0.578. The minimum atomic E-state index is -0.437. The average Bonchev–Trinajstić information content (AvgIpc) is 2.70. The van der Waals surface area contributed by atoms with E-state index in [4.69, 9.17) is 5.73 Å². The van der Waals surface area contributed by atoms with Crippen LogP contribution in [0, 0.1) is 10.1 Å². The summed E-state index contributed by atoms with van der Waals surface area (Å²) < 4.78 is 0. The highest BCUT2D eigenvalue weighted by Crippen LogP contribution is 2.26. The van der Waals surface area contributed by atoms with Crippen LogP contribution in [0.4, 0.5) is 5.69 Å². The van der Waals surface area contributed by atoms with Crippen molar-refractivity contribution in [2.45, 2.75) is 13.1 Å². The van der Waals surface area contributed by atoms with E-state index < -0.39 is 4.92 Å². The lowest BCUT2D eigenvalue weighted by Crippen LogP contribution is -2.31. The van der Waals surface area contributed by atoms with Crippen LogP contribution in [0.2, 0.25) is 0 Å². The molecule has 0 radical (unpaired) electrons. The summed E-state index contributed by atoms with van der Waals surface area (Å²) in [5.74, 6) is -0.140. The maximum absolute atomic E-state index is 11.4. The Balaban J connectivity index is 2.24. The van der Waals surface area contributed by atoms with Crippen LogP contribution in [-0.2, 0) is 17.9 Å². The Kier molecular flexibility index (Phi) is 2.57. The van der Waals surface area contributed by atoms with Crippen LogP contribution in [-0.4, -0.2) is 22.3 Å². The molecule has 1 aliphatic heterocycles. The molecule has 0 unspecified atom stereocenters. The summed E-state index contributed by atoms with van der Waals surface area (Å²) in [6.07, 6.45) is 0. The topological polar surface area (TPSA) is 89.5 Å². The molecule has 0 aliphatic carbocycles. The number of hydrogen-bond donors (Lipinski definition) is 1. The molecule has 0 saturated carbocycles. The van der Waals surface area contributed by atoms with Crippen LogP contribution in [0.25, 0.3) is 0 Å². The third-order valence-corrected chi connectivity index (χ3v) is 2.65. The molecule has 1 aliphatic rings. The van der Waals surface area contributed by atoms with E-state index in [9.17, 15) is 14.9 Å². The van der Waals surface area contributed by atoms with Crippen LogP contribution in [0.15, 0.2) is 18.2 Å². The molecule has 6 nitrogen and oxygen atoms in total. The fourth-order valence-electron chi connectivity index (χ4n) is 1.80. The van der Waals surface area contributed by atoms with Gasteiger partial charge in [-0.15, -0.1) is 0 Å². The number of hydrogen-bond acceptors (Lipinski definition) is 4. The van der Waals surface area contributed by atoms with Crippen molar-refractivity contribution in [1.82, 2.24) is 4.90 Å². The second kappa shape index (κ2) is 3.90. The third kappa shape index (κ3) is 1.74. The molecule has 0 bridgehead atoms. The number of nitro benzene ring substituents is 1. The van der Waals surface area contributed by atoms with Crippen molar-refractivity contribution >= 4 is 11.6 Å². The average molecular weight is 221 g/mol. The van der Waals surface area contributed by atoms with E-state index in [1.807, 2.05) is 0 Å². The number of nitrogens with two attached hydrogens (primary N) is 1. The van der Waals surface area contributed by atoms with Gasteiger partial charge in [-0.1, -0.05) is 6.07 Å². The van der Waals surface area contributed by atoms with E-state index in [0.717, 1.165) is 11.1 Å². The SMILES string of the molecule is NCC(=O)N1Cc2ccc([N+](=O)[O-])cc2C1. The molecule has 2 N–H and O–H groups in total. The molecule has 1 aromatic rings. The Bertz CT molecular complexity index is 459. The molecule has 16 heavy (non-hydrogen) atoms. The third-order valence-electron chi connectivity index (χ3n) is 2.65. The molecule has 0 fully saturated rings. The highest BCUT2D eigenvalue weighted by atomic mass is 16.6. The van der Waals surface area contributed by atoms with Gasteiger partial charge in [0.2, 0.25) is 5.91 Å². The molecule has 0 spiro atoms. The van der Waals surface area contributed by atoms with Crippen LogP contribution in [0.5, 0.6) is 0 Å². The first-order chi connectivity index (χ1) is 7.61. The first-order valence-electron chi connectivity index (χ1n) is 4.86. The van der Waals surface area contributed by atoms with E-state index >= 15 is 0 Å². The van der Waals surface area contributed by atoms with Gasteiger partial charge in [-0.3, -0.25) is 14.9 Å². The Morgan fingerprint density at radius 1 is 1.44 bits per heavy atom. The van der Waals surface area contributed by atoms with E-state index in [1.165, 1.54) is 12.1 Å². The molecule has 6 heteroatoms. The Hall–Kier alpha value is -1.95. The summed E-state index contributed by atoms with van der Waals surface area (Å²) in [5.41, 5.74) is 7.10. The Labute approximate surface area is 91.8 Å². The normalized spacial score (nSPS) is 13.7. The fourth-order valence-corrected chi connectivity index (χ4v) is 1.80. The van der Waals surface area contributed by atoms with Crippen LogP contribution in [0.1, 0.15) is 11.1 Å². The highest BCUT2D eigenvalue weighted by molar-refractivity contribution is 5.78. The highest BCUT2D eigenvalue weighted by Gasteiger charge is 2.23. The van der Waals surface area contributed by atoms with Crippen molar-refractivity contribution in [3.8, 4) is 0 Å². The number of benzene rings is 1. The Morgan fingerprint density at radius 2 is 2.12 bits per heavy atom. The largest absolute Gasteiger partial charge is 0.333 e. The first kappa shape index (κ1) is 10.6. The predicted octanol–water partition coefficient (Wildman–Crippen LogP) is 0.396. The maximum Gasteiger partial charge on any atom is 0.269 e. The van der Waals surface area contributed by atoms with E-state index in [0.29, 0.717) is 13.1 Å². The molecule has 84 valence electrons. The van der Waals surface area contributed by atoms with Gasteiger partial charge in [0.05, 0.1) is 11.5 Å². The lowest BCUT2D eigenvalue weighted by atomic mass is 10.1. The lowest BCUT2D eigenvalue weighted by Gasteiger charge is -2.13. The zero-order valence-electron chi connectivity index (χ0n) is 8.55. The standard InChI is InChI=1S/C10H11N3O3/c11-4-10(14)12-5-7-1-2-9(13(15)16)3-8(7)6-12/h1-3H,4-6,11H2. The summed E-state index contributed by atoms with van der Waals surface area (Å²) in [6, 6.07) is 4.66. The number of fused-ring (bicyclic) bond motifs is 1. The first-order valence-corrected chi connectivity index (χ1v) is 4.86. The van der Waals surface area contributed by atoms with Gasteiger partial charge in [0.15, 0.2) is 0 Å². The summed E-state index contributed by atoms with van der Waals surface area (Å²) in [7, 11) is 0. The molecule has 0 atom stereocenters. The number of nitro groups is 1. The molecule has 1 amide bonds. The van der Waals surface area contributed by atoms with Crippen molar-refractivity contribution in [2.75, 3.05) is 6.54 Å². The molecular formula is C10H11N3O3. The van der Waals surface area contributed by atoms with Crippen molar-refractivity contribution in [1.29, 1.82) is 0 Å². The Morgan fingerprint density at radius 3 is 2.75 bits per heavy atom. The van der Waals surface area contributed by atoms with Crippen LogP contribution < -0.4 is 5.73 Å². The van der Waals surface area contributed by atoms with Gasteiger partial charge in [-0.05, 0) is 11.1 Å². The number of non-ortho nitro benzene ring substituents is 1. The second-order valence-corrected chi connectivity index (χ2v) is 3.66. The maximum atomic E-state index is 11.4. The zero-order valence-corrected chi connectivity index (χ0v) is 8.55. The van der Waals surface area contributed by atoms with Gasteiger partial charge in [-0.2, -0.15) is 0 Å². The van der Waals surface area contributed by atoms with Crippen LogP contribution in [0.3, 0.4) is 0 Å². The van der Waals surface area contributed by atoms with Crippen molar-refractivity contribution in [3.05, 3.63) is 39.4 Å². The predicted molar refractivity (Wildman–Crippen MR) is 56.4 cm³/mol. The molecule has 2 rings (SSSR count). The number of amides is 1. The lowest BCUT2D eigenvalue weighted by molar-refractivity contribution is -0.384. The number of carbonyl (C=O) groups is 1. The van der Waals surface area contributed by atoms with Crippen molar-refractivity contribution < 1.29 is 9.72 Å². The monoisotopic (exact) mass is 221 g/mol. The number of nitrogens with zero attached hydrogens (tertiary/aromatic N) is 2. The smallest absolute Gasteiger partial charge is 0.269 e. The van der Waals surface area contributed by atoms with Gasteiger partial charge in [0.1, 0.15) is 0 Å². The summed E-state index contributed by atoms with van der Waals surface area (Å²) in [4.78, 5) is 23.1. The van der Waals surface area contributed by atoms with E-state index in [2.05, 4.69) is 0 Å². The molecule has 0 saturated heterocycles. The number of carbonyl (C=O) groups excluding carboxylic acids is 1. The minimum Gasteiger partial charge on any atom is -0.333 e. The molecule has 1 aromatic carbocycles. The van der Waals surface area contributed by atoms with Gasteiger partial charge in [-0.25, -0.2) is 0 Å². The molecule has 1 heterocycles. The fraction of sp³-hybridized carbons (Fsp3) is 0.300. The van der Waals surface area contributed by atoms with Gasteiger partial charge in [0.25, 0.3) is 5.69 Å². The van der Waals surface area contributed by atoms with Crippen LogP contribution >= 0.6 is 0 Å². The summed E-state index contributed by atoms with van der Waals surface area (Å²) in [6.45, 7) is 0.868. The number of rotatable bonds is 2. The van der Waals surface area contributed by atoms with Gasteiger partial charge < -0.3 is 10.6 Å². The zero-order chi connectivity index (χ0) is 11.7. The van der Waals surface area contributed by atoms with Crippen molar-refractivity contribution in [3.63, 3.8) is 0 Å². The minimum absolute atomic E-state index is 0.0317. The summed E-state index contributed by atoms with van der Waals surface area (Å²) in [5, 5.41) is 10.6. The molecular weight excluding hydrogens is 210 g/mol. The summed E-state index contributed by atoms with van der Waals surface area (Å²) >= 11 is 0. The van der Waals surface area contributed by atoms with E-state index in [-0.39, 0.29) is 18.1 Å². The molecule has 0 aromatic heterocycles.